The van der Waals surface area contributed by atoms with Crippen molar-refractivity contribution in [1.82, 2.24) is 14.9 Å². The average Bonchev–Trinajstić information content (AvgIpc) is 3.43. The van der Waals surface area contributed by atoms with Crippen molar-refractivity contribution in [2.75, 3.05) is 12.0 Å². The number of hydrogen-bond donors (Lipinski definition) is 1. The first-order valence-corrected chi connectivity index (χ1v) is 13.2. The number of aryl methyl sites for hydroxylation is 1. The fourth-order valence-corrected chi connectivity index (χ4v) is 5.69. The maximum Gasteiger partial charge on any atom is 0.337 e. The van der Waals surface area contributed by atoms with E-state index in [1.807, 2.05) is 42.6 Å². The van der Waals surface area contributed by atoms with Gasteiger partial charge in [0, 0.05) is 29.0 Å². The summed E-state index contributed by atoms with van der Waals surface area (Å²) < 4.78 is 7.13. The molecular weight excluding hydrogens is 492 g/mol. The Bertz CT molecular complexity index is 1480. The first-order valence-electron chi connectivity index (χ1n) is 12.8. The van der Waals surface area contributed by atoms with Crippen LogP contribution < -0.4 is 10.2 Å². The highest BCUT2D eigenvalue weighted by Gasteiger charge is 2.42. The Kier molecular flexibility index (Phi) is 7.04. The number of methoxy groups -OCH3 is 1. The van der Waals surface area contributed by atoms with Crippen LogP contribution in [0.4, 0.5) is 5.69 Å². The number of hydrogen-bond acceptors (Lipinski definition) is 4. The number of esters is 1. The highest BCUT2D eigenvalue weighted by molar-refractivity contribution is 7.80. The zero-order chi connectivity index (χ0) is 27.0. The third-order valence-electron chi connectivity index (χ3n) is 7.25. The van der Waals surface area contributed by atoms with Crippen LogP contribution in [0.2, 0.25) is 0 Å². The van der Waals surface area contributed by atoms with Crippen LogP contribution in [0.25, 0.3) is 5.69 Å². The highest BCUT2D eigenvalue weighted by Crippen LogP contribution is 2.44. The van der Waals surface area contributed by atoms with E-state index in [0.717, 1.165) is 34.0 Å². The van der Waals surface area contributed by atoms with Crippen molar-refractivity contribution in [3.63, 3.8) is 0 Å². The first-order chi connectivity index (χ1) is 18.3. The SMILES string of the molecule is COC(=O)c1cccc(-n2c(C)cc([C@H]3[C@@H](c4ccccn4)NC(=S)N3c3ccc(C(C)C)cc3)c2C)c1. The Hall–Kier alpha value is -3.97. The zero-order valence-corrected chi connectivity index (χ0v) is 23.1. The number of pyridine rings is 1. The van der Waals surface area contributed by atoms with Gasteiger partial charge in [-0.05, 0) is 91.6 Å². The molecule has 2 atom stereocenters. The number of carbonyl (C=O) groups is 1. The molecular formula is C31H32N4O2S. The lowest BCUT2D eigenvalue weighted by atomic mass is 9.96. The number of carbonyl (C=O) groups excluding carboxylic acids is 1. The molecule has 0 bridgehead atoms. The second-order valence-corrected chi connectivity index (χ2v) is 10.3. The van der Waals surface area contributed by atoms with Crippen LogP contribution in [0.1, 0.15) is 70.4 Å². The van der Waals surface area contributed by atoms with E-state index in [1.165, 1.54) is 12.7 Å². The standard InChI is InChI=1S/C31H32N4O2S/c1-19(2)22-12-14-24(15-13-22)35-29(28(33-31(35)38)27-11-6-7-16-32-27)26-17-20(3)34(21(26)4)25-10-8-9-23(18-25)30(36)37-5/h6-19,28-29H,1-5H3,(H,33,38)/t28-,29+/m1/s1. The van der Waals surface area contributed by atoms with Gasteiger partial charge in [0.05, 0.1) is 30.5 Å². The lowest BCUT2D eigenvalue weighted by molar-refractivity contribution is 0.0600. The van der Waals surface area contributed by atoms with E-state index >= 15 is 0 Å². The Labute approximate surface area is 229 Å². The van der Waals surface area contributed by atoms with Gasteiger partial charge in [-0.15, -0.1) is 0 Å². The van der Waals surface area contributed by atoms with Crippen LogP contribution in [0.3, 0.4) is 0 Å². The van der Waals surface area contributed by atoms with Crippen molar-refractivity contribution in [2.45, 2.75) is 45.7 Å². The number of rotatable bonds is 6. The summed E-state index contributed by atoms with van der Waals surface area (Å²) >= 11 is 5.93. The Balaban J connectivity index is 1.64. The van der Waals surface area contributed by atoms with Crippen LogP contribution in [-0.2, 0) is 4.74 Å². The number of thiocarbonyl (C=S) groups is 1. The second kappa shape index (κ2) is 10.4. The fraction of sp³-hybridized carbons (Fsp3) is 0.258. The molecule has 1 aliphatic rings. The monoisotopic (exact) mass is 524 g/mol. The van der Waals surface area contributed by atoms with Crippen molar-refractivity contribution in [3.05, 3.63) is 113 Å². The average molecular weight is 525 g/mol. The Morgan fingerprint density at radius 1 is 1.00 bits per heavy atom. The van der Waals surface area contributed by atoms with Crippen LogP contribution in [0.5, 0.6) is 0 Å². The summed E-state index contributed by atoms with van der Waals surface area (Å²) in [5.74, 6) is 0.0931. The molecule has 1 fully saturated rings. The molecule has 0 amide bonds. The van der Waals surface area contributed by atoms with E-state index in [2.05, 4.69) is 77.8 Å². The van der Waals surface area contributed by atoms with Gasteiger partial charge in [-0.3, -0.25) is 4.98 Å². The maximum absolute atomic E-state index is 12.2. The van der Waals surface area contributed by atoms with E-state index < -0.39 is 0 Å². The van der Waals surface area contributed by atoms with Crippen molar-refractivity contribution in [1.29, 1.82) is 0 Å². The molecule has 38 heavy (non-hydrogen) atoms. The summed E-state index contributed by atoms with van der Waals surface area (Å²) in [6.45, 7) is 8.59. The van der Waals surface area contributed by atoms with Crippen LogP contribution in [0.15, 0.2) is 79.0 Å². The molecule has 1 saturated heterocycles. The molecule has 0 unspecified atom stereocenters. The van der Waals surface area contributed by atoms with E-state index in [4.69, 9.17) is 17.0 Å². The molecule has 7 heteroatoms. The third kappa shape index (κ3) is 4.58. The molecule has 1 aliphatic heterocycles. The highest BCUT2D eigenvalue weighted by atomic mass is 32.1. The topological polar surface area (TPSA) is 59.4 Å². The number of nitrogens with zero attached hydrogens (tertiary/aromatic N) is 3. The Morgan fingerprint density at radius 3 is 2.42 bits per heavy atom. The van der Waals surface area contributed by atoms with Gasteiger partial charge in [-0.25, -0.2) is 4.79 Å². The van der Waals surface area contributed by atoms with Gasteiger partial charge in [0.15, 0.2) is 5.11 Å². The van der Waals surface area contributed by atoms with E-state index in [9.17, 15) is 4.79 Å². The summed E-state index contributed by atoms with van der Waals surface area (Å²) in [5, 5.41) is 4.22. The van der Waals surface area contributed by atoms with Gasteiger partial charge in [0.2, 0.25) is 0 Å². The van der Waals surface area contributed by atoms with Crippen molar-refractivity contribution in [2.24, 2.45) is 0 Å². The number of benzene rings is 2. The van der Waals surface area contributed by atoms with Crippen molar-refractivity contribution >= 4 is 29.0 Å². The molecule has 194 valence electrons. The summed E-state index contributed by atoms with van der Waals surface area (Å²) in [6.07, 6.45) is 1.82. The van der Waals surface area contributed by atoms with E-state index in [1.54, 1.807) is 6.07 Å². The third-order valence-corrected chi connectivity index (χ3v) is 7.56. The zero-order valence-electron chi connectivity index (χ0n) is 22.3. The molecule has 4 aromatic rings. The van der Waals surface area contributed by atoms with Crippen molar-refractivity contribution in [3.8, 4) is 5.69 Å². The molecule has 0 aliphatic carbocycles. The summed E-state index contributed by atoms with van der Waals surface area (Å²) in [5.41, 5.74) is 7.95. The van der Waals surface area contributed by atoms with Crippen LogP contribution >= 0.6 is 12.2 Å². The van der Waals surface area contributed by atoms with Crippen LogP contribution in [-0.4, -0.2) is 27.7 Å². The van der Waals surface area contributed by atoms with Gasteiger partial charge in [-0.1, -0.05) is 38.1 Å². The van der Waals surface area contributed by atoms with Gasteiger partial charge < -0.3 is 19.5 Å². The minimum atomic E-state index is -0.355. The molecule has 0 spiro atoms. The van der Waals surface area contributed by atoms with Crippen molar-refractivity contribution < 1.29 is 9.53 Å². The van der Waals surface area contributed by atoms with Gasteiger partial charge in [0.25, 0.3) is 0 Å². The number of nitrogens with one attached hydrogen (secondary N) is 1. The fourth-order valence-electron chi connectivity index (χ4n) is 5.34. The first kappa shape index (κ1) is 25.7. The lowest BCUT2D eigenvalue weighted by Gasteiger charge is -2.28. The number of ether oxygens (including phenoxy) is 1. The molecule has 5 rings (SSSR count). The molecule has 2 aromatic heterocycles. The van der Waals surface area contributed by atoms with Gasteiger partial charge in [-0.2, -0.15) is 0 Å². The molecule has 1 N–H and O–H groups in total. The largest absolute Gasteiger partial charge is 0.465 e. The lowest BCUT2D eigenvalue weighted by Crippen LogP contribution is -2.29. The molecule has 0 radical (unpaired) electrons. The predicted molar refractivity (Wildman–Crippen MR) is 155 cm³/mol. The predicted octanol–water partition coefficient (Wildman–Crippen LogP) is 6.58. The Morgan fingerprint density at radius 2 is 1.76 bits per heavy atom. The molecule has 2 aromatic carbocycles. The maximum atomic E-state index is 12.2. The number of aromatic nitrogens is 2. The van der Waals surface area contributed by atoms with E-state index in [-0.39, 0.29) is 18.1 Å². The second-order valence-electron chi connectivity index (χ2n) is 9.95. The minimum Gasteiger partial charge on any atom is -0.465 e. The molecule has 3 heterocycles. The quantitative estimate of drug-likeness (QED) is 0.227. The summed E-state index contributed by atoms with van der Waals surface area (Å²) in [4.78, 5) is 19.1. The molecule has 6 nitrogen and oxygen atoms in total. The molecule has 0 saturated carbocycles. The normalized spacial score (nSPS) is 17.1. The van der Waals surface area contributed by atoms with Gasteiger partial charge >= 0.3 is 5.97 Å². The van der Waals surface area contributed by atoms with Crippen LogP contribution in [0, 0.1) is 13.8 Å². The van der Waals surface area contributed by atoms with Gasteiger partial charge in [0.1, 0.15) is 0 Å². The summed E-state index contributed by atoms with van der Waals surface area (Å²) in [7, 11) is 1.40. The number of anilines is 1. The summed E-state index contributed by atoms with van der Waals surface area (Å²) in [6, 6.07) is 24.1. The smallest absolute Gasteiger partial charge is 0.337 e. The minimum absolute atomic E-state index is 0.119. The van der Waals surface area contributed by atoms with E-state index in [0.29, 0.717) is 16.6 Å².